The number of sulfone groups is 1. The Hall–Kier alpha value is -1.60. The summed E-state index contributed by atoms with van der Waals surface area (Å²) in [4.78, 5) is 13.7. The van der Waals surface area contributed by atoms with E-state index < -0.39 is 9.84 Å². The molecule has 1 amide bonds. The minimum absolute atomic E-state index is 0.0606. The zero-order valence-electron chi connectivity index (χ0n) is 13.6. The summed E-state index contributed by atoms with van der Waals surface area (Å²) in [5.74, 6) is 1.02. The smallest absolute Gasteiger partial charge is 0.234 e. The lowest BCUT2D eigenvalue weighted by Crippen LogP contribution is -2.42. The molecule has 1 aliphatic rings. The SMILES string of the molecule is Cc1ccc(OCCNC(=O)CN(C)C2CCS(=O)(=O)C2)cc1. The molecule has 0 aromatic heterocycles. The quantitative estimate of drug-likeness (QED) is 0.736. The second kappa shape index (κ2) is 7.79. The van der Waals surface area contributed by atoms with Gasteiger partial charge in [-0.25, -0.2) is 8.42 Å². The Balaban J connectivity index is 1.64. The molecular weight excluding hydrogens is 316 g/mol. The molecule has 2 rings (SSSR count). The molecule has 0 saturated carbocycles. The molecule has 1 aromatic rings. The van der Waals surface area contributed by atoms with Gasteiger partial charge in [-0.2, -0.15) is 0 Å². The van der Waals surface area contributed by atoms with Gasteiger partial charge in [-0.05, 0) is 32.5 Å². The molecule has 0 aliphatic carbocycles. The van der Waals surface area contributed by atoms with E-state index in [0.29, 0.717) is 19.6 Å². The molecule has 0 bridgehead atoms. The first-order chi connectivity index (χ1) is 10.9. The number of hydrogen-bond donors (Lipinski definition) is 1. The molecule has 1 heterocycles. The highest BCUT2D eigenvalue weighted by atomic mass is 32.2. The molecular formula is C16H24N2O4S. The van der Waals surface area contributed by atoms with E-state index in [1.807, 2.05) is 31.2 Å². The van der Waals surface area contributed by atoms with Crippen LogP contribution in [-0.2, 0) is 14.6 Å². The second-order valence-electron chi connectivity index (χ2n) is 5.98. The van der Waals surface area contributed by atoms with Crippen LogP contribution >= 0.6 is 0 Å². The van der Waals surface area contributed by atoms with E-state index in [4.69, 9.17) is 4.74 Å². The third-order valence-electron chi connectivity index (χ3n) is 3.94. The van der Waals surface area contributed by atoms with Gasteiger partial charge in [-0.3, -0.25) is 9.69 Å². The molecule has 1 N–H and O–H groups in total. The number of carbonyl (C=O) groups excluding carboxylic acids is 1. The van der Waals surface area contributed by atoms with Gasteiger partial charge >= 0.3 is 0 Å². The molecule has 23 heavy (non-hydrogen) atoms. The van der Waals surface area contributed by atoms with Crippen LogP contribution in [0.3, 0.4) is 0 Å². The molecule has 1 saturated heterocycles. The van der Waals surface area contributed by atoms with E-state index in [9.17, 15) is 13.2 Å². The van der Waals surface area contributed by atoms with E-state index in [1.54, 1.807) is 11.9 Å². The fourth-order valence-corrected chi connectivity index (χ4v) is 4.33. The normalized spacial score (nSPS) is 19.7. The maximum Gasteiger partial charge on any atom is 0.234 e. The fraction of sp³-hybridized carbons (Fsp3) is 0.562. The Morgan fingerprint density at radius 2 is 2.04 bits per heavy atom. The van der Waals surface area contributed by atoms with Crippen LogP contribution in [0.2, 0.25) is 0 Å². The van der Waals surface area contributed by atoms with Crippen molar-refractivity contribution in [2.45, 2.75) is 19.4 Å². The summed E-state index contributed by atoms with van der Waals surface area (Å²) in [5.41, 5.74) is 1.17. The topological polar surface area (TPSA) is 75.7 Å². The van der Waals surface area contributed by atoms with Crippen molar-refractivity contribution >= 4 is 15.7 Å². The summed E-state index contributed by atoms with van der Waals surface area (Å²) in [7, 11) is -1.14. The van der Waals surface area contributed by atoms with Crippen molar-refractivity contribution in [1.29, 1.82) is 0 Å². The first-order valence-electron chi connectivity index (χ1n) is 7.72. The number of likely N-dealkylation sites (N-methyl/N-ethyl adjacent to an activating group) is 1. The number of hydrogen-bond acceptors (Lipinski definition) is 5. The van der Waals surface area contributed by atoms with Crippen molar-refractivity contribution in [3.05, 3.63) is 29.8 Å². The number of aryl methyl sites for hydroxylation is 1. The predicted molar refractivity (Wildman–Crippen MR) is 89.4 cm³/mol. The lowest BCUT2D eigenvalue weighted by Gasteiger charge is -2.22. The zero-order chi connectivity index (χ0) is 16.9. The van der Waals surface area contributed by atoms with Gasteiger partial charge in [0.15, 0.2) is 9.84 Å². The van der Waals surface area contributed by atoms with Crippen LogP contribution in [0.25, 0.3) is 0 Å². The number of ether oxygens (including phenoxy) is 1. The second-order valence-corrected chi connectivity index (χ2v) is 8.21. The Bertz CT molecular complexity index is 628. The molecule has 1 aliphatic heterocycles. The van der Waals surface area contributed by atoms with Crippen molar-refractivity contribution in [1.82, 2.24) is 10.2 Å². The van der Waals surface area contributed by atoms with Crippen LogP contribution in [-0.4, -0.2) is 63.5 Å². The van der Waals surface area contributed by atoms with Gasteiger partial charge in [0, 0.05) is 6.04 Å². The Morgan fingerprint density at radius 1 is 1.35 bits per heavy atom. The molecule has 1 atom stereocenters. The average Bonchev–Trinajstić information content (AvgIpc) is 2.86. The number of carbonyl (C=O) groups is 1. The van der Waals surface area contributed by atoms with Crippen molar-refractivity contribution in [2.75, 3.05) is 38.2 Å². The van der Waals surface area contributed by atoms with Crippen molar-refractivity contribution in [2.24, 2.45) is 0 Å². The maximum atomic E-state index is 11.9. The van der Waals surface area contributed by atoms with Gasteiger partial charge in [0.1, 0.15) is 12.4 Å². The summed E-state index contributed by atoms with van der Waals surface area (Å²) in [6, 6.07) is 7.67. The van der Waals surface area contributed by atoms with Crippen molar-refractivity contribution < 1.29 is 17.9 Å². The summed E-state index contributed by atoms with van der Waals surface area (Å²) in [6.45, 7) is 3.03. The summed E-state index contributed by atoms with van der Waals surface area (Å²) in [5, 5.41) is 2.78. The Kier molecular flexibility index (Phi) is 6.01. The number of amides is 1. The lowest BCUT2D eigenvalue weighted by molar-refractivity contribution is -0.122. The zero-order valence-corrected chi connectivity index (χ0v) is 14.4. The number of nitrogens with one attached hydrogen (secondary N) is 1. The van der Waals surface area contributed by atoms with Crippen molar-refractivity contribution in [3.8, 4) is 5.75 Å². The highest BCUT2D eigenvalue weighted by Crippen LogP contribution is 2.16. The van der Waals surface area contributed by atoms with Crippen molar-refractivity contribution in [3.63, 3.8) is 0 Å². The molecule has 0 spiro atoms. The van der Waals surface area contributed by atoms with Crippen LogP contribution < -0.4 is 10.1 Å². The molecule has 1 aromatic carbocycles. The first-order valence-corrected chi connectivity index (χ1v) is 9.55. The van der Waals surface area contributed by atoms with Gasteiger partial charge in [0.05, 0.1) is 24.6 Å². The van der Waals surface area contributed by atoms with Gasteiger partial charge in [0.2, 0.25) is 5.91 Å². The molecule has 6 nitrogen and oxygen atoms in total. The van der Waals surface area contributed by atoms with Gasteiger partial charge < -0.3 is 10.1 Å². The molecule has 7 heteroatoms. The van der Waals surface area contributed by atoms with Crippen LogP contribution in [0.4, 0.5) is 0 Å². The maximum absolute atomic E-state index is 11.9. The molecule has 1 unspecified atom stereocenters. The monoisotopic (exact) mass is 340 g/mol. The van der Waals surface area contributed by atoms with Gasteiger partial charge in [0.25, 0.3) is 0 Å². The number of nitrogens with zero attached hydrogens (tertiary/aromatic N) is 1. The van der Waals surface area contributed by atoms with E-state index in [2.05, 4.69) is 5.32 Å². The predicted octanol–water partition coefficient (Wildman–Crippen LogP) is 0.609. The fourth-order valence-electron chi connectivity index (χ4n) is 2.53. The third kappa shape index (κ3) is 5.84. The highest BCUT2D eigenvalue weighted by molar-refractivity contribution is 7.91. The molecule has 128 valence electrons. The lowest BCUT2D eigenvalue weighted by atomic mass is 10.2. The molecule has 1 fully saturated rings. The van der Waals surface area contributed by atoms with Crippen LogP contribution in [0.15, 0.2) is 24.3 Å². The largest absolute Gasteiger partial charge is 0.492 e. The number of rotatable bonds is 7. The highest BCUT2D eigenvalue weighted by Gasteiger charge is 2.31. The van der Waals surface area contributed by atoms with Crippen LogP contribution in [0.5, 0.6) is 5.75 Å². The summed E-state index contributed by atoms with van der Waals surface area (Å²) in [6.07, 6.45) is 0.600. The Labute approximate surface area is 137 Å². The first kappa shape index (κ1) is 17.7. The summed E-state index contributed by atoms with van der Waals surface area (Å²) < 4.78 is 28.4. The number of benzene rings is 1. The van der Waals surface area contributed by atoms with E-state index in [1.165, 1.54) is 5.56 Å². The summed E-state index contributed by atoms with van der Waals surface area (Å²) >= 11 is 0. The Morgan fingerprint density at radius 3 is 2.65 bits per heavy atom. The molecule has 0 radical (unpaired) electrons. The third-order valence-corrected chi connectivity index (χ3v) is 5.69. The minimum Gasteiger partial charge on any atom is -0.492 e. The van der Waals surface area contributed by atoms with E-state index in [0.717, 1.165) is 5.75 Å². The minimum atomic E-state index is -2.92. The van der Waals surface area contributed by atoms with Crippen LogP contribution in [0, 0.1) is 6.92 Å². The van der Waals surface area contributed by atoms with Crippen LogP contribution in [0.1, 0.15) is 12.0 Å². The van der Waals surface area contributed by atoms with E-state index in [-0.39, 0.29) is 30.0 Å². The van der Waals surface area contributed by atoms with Gasteiger partial charge in [-0.1, -0.05) is 17.7 Å². The average molecular weight is 340 g/mol. The van der Waals surface area contributed by atoms with Gasteiger partial charge in [-0.15, -0.1) is 0 Å². The standard InChI is InChI=1S/C16H24N2O4S/c1-13-3-5-15(6-4-13)22-9-8-17-16(19)11-18(2)14-7-10-23(20,21)12-14/h3-6,14H,7-12H2,1-2H3,(H,17,19). The van der Waals surface area contributed by atoms with E-state index >= 15 is 0 Å².